The monoisotopic (exact) mass is 466 g/mol. The molecule has 1 aliphatic heterocycles. The van der Waals surface area contributed by atoms with Crippen LogP contribution in [0.15, 0.2) is 73.3 Å². The van der Waals surface area contributed by atoms with E-state index in [1.165, 1.54) is 23.1 Å². The highest BCUT2D eigenvalue weighted by Gasteiger charge is 2.32. The molecule has 8 heteroatoms. The van der Waals surface area contributed by atoms with Crippen LogP contribution in [0, 0.1) is 0 Å². The van der Waals surface area contributed by atoms with E-state index in [0.29, 0.717) is 28.0 Å². The number of ether oxygens (including phenoxy) is 1. The normalized spacial score (nSPS) is 13.8. The number of benzene rings is 3. The Morgan fingerprint density at radius 2 is 1.34 bits per heavy atom. The maximum absolute atomic E-state index is 12.8. The first-order valence-electron chi connectivity index (χ1n) is 10.7. The molecule has 172 valence electrons. The van der Waals surface area contributed by atoms with Crippen LogP contribution < -0.4 is 5.32 Å². The average molecular weight is 466 g/mol. The van der Waals surface area contributed by atoms with Gasteiger partial charge in [-0.05, 0) is 24.3 Å². The van der Waals surface area contributed by atoms with Crippen LogP contribution in [-0.4, -0.2) is 47.4 Å². The number of esters is 1. The fourth-order valence-corrected chi connectivity index (χ4v) is 4.20. The van der Waals surface area contributed by atoms with Gasteiger partial charge in [-0.3, -0.25) is 28.9 Å². The molecule has 35 heavy (non-hydrogen) atoms. The molecule has 0 spiro atoms. The molecule has 0 fully saturated rings. The molecule has 0 atom stereocenters. The van der Waals surface area contributed by atoms with Gasteiger partial charge >= 0.3 is 5.97 Å². The van der Waals surface area contributed by atoms with Gasteiger partial charge in [0.1, 0.15) is 6.54 Å². The van der Waals surface area contributed by atoms with E-state index in [2.05, 4.69) is 11.9 Å². The molecule has 0 saturated carbocycles. The van der Waals surface area contributed by atoms with Crippen molar-refractivity contribution in [3.05, 3.63) is 107 Å². The predicted molar refractivity (Wildman–Crippen MR) is 126 cm³/mol. The highest BCUT2D eigenvalue weighted by atomic mass is 16.5. The van der Waals surface area contributed by atoms with Gasteiger partial charge in [-0.1, -0.05) is 49.0 Å². The van der Waals surface area contributed by atoms with E-state index in [-0.39, 0.29) is 40.8 Å². The summed E-state index contributed by atoms with van der Waals surface area (Å²) in [5, 5.41) is 2.55. The number of hydrogen-bond acceptors (Lipinski definition) is 6. The molecule has 0 saturated heterocycles. The van der Waals surface area contributed by atoms with Gasteiger partial charge in [-0.2, -0.15) is 0 Å². The van der Waals surface area contributed by atoms with Gasteiger partial charge in [-0.15, -0.1) is 0 Å². The quantitative estimate of drug-likeness (QED) is 0.453. The van der Waals surface area contributed by atoms with Crippen LogP contribution in [0.4, 0.5) is 5.69 Å². The number of amides is 2. The van der Waals surface area contributed by atoms with Gasteiger partial charge in [0.25, 0.3) is 11.8 Å². The fourth-order valence-electron chi connectivity index (χ4n) is 4.20. The minimum atomic E-state index is -0.773. The Kier molecular flexibility index (Phi) is 5.33. The van der Waals surface area contributed by atoms with Gasteiger partial charge in [0.05, 0.1) is 0 Å². The molecule has 0 radical (unpaired) electrons. The van der Waals surface area contributed by atoms with Gasteiger partial charge < -0.3 is 10.1 Å². The molecular formula is C27H18N2O6. The minimum Gasteiger partial charge on any atom is -0.454 e. The Balaban J connectivity index is 1.20. The highest BCUT2D eigenvalue weighted by Crippen LogP contribution is 2.31. The summed E-state index contributed by atoms with van der Waals surface area (Å²) in [6, 6.07) is 17.9. The summed E-state index contributed by atoms with van der Waals surface area (Å²) in [6.45, 7) is 2.89. The van der Waals surface area contributed by atoms with Crippen molar-refractivity contribution in [1.82, 2.24) is 4.90 Å². The molecule has 2 aliphatic rings. The summed E-state index contributed by atoms with van der Waals surface area (Å²) >= 11 is 0. The van der Waals surface area contributed by atoms with Gasteiger partial charge in [0.15, 0.2) is 18.2 Å². The molecule has 0 unspecified atom stereocenters. The second-order valence-corrected chi connectivity index (χ2v) is 8.06. The number of carbonyl (C=O) groups excluding carboxylic acids is 5. The Morgan fingerprint density at radius 1 is 0.771 bits per heavy atom. The fraction of sp³-hybridized carbons (Fsp3) is 0.0741. The lowest BCUT2D eigenvalue weighted by Gasteiger charge is -2.18. The van der Waals surface area contributed by atoms with Crippen molar-refractivity contribution in [3.8, 4) is 0 Å². The lowest BCUT2D eigenvalue weighted by molar-refractivity contribution is -0.147. The maximum atomic E-state index is 12.8. The van der Waals surface area contributed by atoms with Crippen LogP contribution in [0.5, 0.6) is 0 Å². The first-order valence-corrected chi connectivity index (χ1v) is 10.7. The molecule has 1 aliphatic carbocycles. The summed E-state index contributed by atoms with van der Waals surface area (Å²) in [5.74, 6) is -2.34. The number of carbonyl (C=O) groups is 5. The molecular weight excluding hydrogens is 448 g/mol. The van der Waals surface area contributed by atoms with E-state index in [0.717, 1.165) is 0 Å². The first kappa shape index (κ1) is 22.0. The first-order chi connectivity index (χ1) is 16.8. The third-order valence-electron chi connectivity index (χ3n) is 5.90. The van der Waals surface area contributed by atoms with Gasteiger partial charge in [0, 0.05) is 44.8 Å². The van der Waals surface area contributed by atoms with Crippen molar-refractivity contribution in [2.45, 2.75) is 0 Å². The van der Waals surface area contributed by atoms with Crippen LogP contribution in [0.1, 0.15) is 47.8 Å². The van der Waals surface area contributed by atoms with Crippen molar-refractivity contribution in [3.63, 3.8) is 0 Å². The summed E-state index contributed by atoms with van der Waals surface area (Å²) in [4.78, 5) is 63.8. The second-order valence-electron chi connectivity index (χ2n) is 8.06. The van der Waals surface area contributed by atoms with Crippen molar-refractivity contribution >= 4 is 40.7 Å². The number of rotatable bonds is 5. The van der Waals surface area contributed by atoms with Crippen LogP contribution in [-0.2, 0) is 14.3 Å². The summed E-state index contributed by atoms with van der Waals surface area (Å²) in [5.41, 5.74) is 2.87. The molecule has 2 amide bonds. The molecule has 0 aromatic heterocycles. The third kappa shape index (κ3) is 3.80. The van der Waals surface area contributed by atoms with Crippen molar-refractivity contribution in [2.75, 3.05) is 18.5 Å². The number of anilines is 1. The van der Waals surface area contributed by atoms with Gasteiger partial charge in [-0.25, -0.2) is 0 Å². The topological polar surface area (TPSA) is 110 Å². The number of ketones is 2. The van der Waals surface area contributed by atoms with Crippen LogP contribution in [0.25, 0.3) is 5.70 Å². The molecule has 5 rings (SSSR count). The van der Waals surface area contributed by atoms with E-state index in [1.807, 2.05) is 0 Å². The zero-order chi connectivity index (χ0) is 24.7. The lowest BCUT2D eigenvalue weighted by Crippen LogP contribution is -2.32. The van der Waals surface area contributed by atoms with E-state index in [9.17, 15) is 24.0 Å². The largest absolute Gasteiger partial charge is 0.454 e. The Morgan fingerprint density at radius 3 is 2.00 bits per heavy atom. The number of hydrogen-bond donors (Lipinski definition) is 1. The number of nitrogens with zero attached hydrogens (tertiary/aromatic N) is 1. The molecule has 1 heterocycles. The smallest absolute Gasteiger partial charge is 0.326 e. The van der Waals surface area contributed by atoms with Crippen molar-refractivity contribution in [2.24, 2.45) is 0 Å². The Bertz CT molecular complexity index is 1440. The van der Waals surface area contributed by atoms with Crippen LogP contribution in [0.2, 0.25) is 0 Å². The van der Waals surface area contributed by atoms with Crippen molar-refractivity contribution in [1.29, 1.82) is 0 Å². The standard InChI is InChI=1S/C27H18N2O6/c1-15-17-6-2-5-9-21(17)27(34)29(15)13-24(31)35-14-23(30)28-16-10-11-20-22(12-16)26(33)19-8-4-3-7-18(19)25(20)32/h2-12H,1,13-14H2,(H,28,30). The maximum Gasteiger partial charge on any atom is 0.326 e. The molecule has 8 nitrogen and oxygen atoms in total. The van der Waals surface area contributed by atoms with Crippen LogP contribution >= 0.6 is 0 Å². The van der Waals surface area contributed by atoms with Gasteiger partial charge in [0.2, 0.25) is 0 Å². The summed E-state index contributed by atoms with van der Waals surface area (Å²) in [6.07, 6.45) is 0. The van der Waals surface area contributed by atoms with E-state index >= 15 is 0 Å². The molecule has 0 bridgehead atoms. The van der Waals surface area contributed by atoms with E-state index in [4.69, 9.17) is 4.74 Å². The molecule has 1 N–H and O–H groups in total. The Hall–Kier alpha value is -4.85. The Labute approximate surface area is 199 Å². The lowest BCUT2D eigenvalue weighted by atomic mass is 9.84. The minimum absolute atomic E-state index is 0.189. The summed E-state index contributed by atoms with van der Waals surface area (Å²) < 4.78 is 5.02. The molecule has 3 aromatic rings. The second kappa shape index (κ2) is 8.49. The predicted octanol–water partition coefficient (Wildman–Crippen LogP) is 3.07. The van der Waals surface area contributed by atoms with Crippen molar-refractivity contribution < 1.29 is 28.7 Å². The van der Waals surface area contributed by atoms with Crippen LogP contribution in [0.3, 0.4) is 0 Å². The zero-order valence-electron chi connectivity index (χ0n) is 18.4. The number of nitrogens with one attached hydrogen (secondary N) is 1. The average Bonchev–Trinajstić information content (AvgIpc) is 3.11. The van der Waals surface area contributed by atoms with E-state index in [1.54, 1.807) is 48.5 Å². The molecule has 3 aromatic carbocycles. The van der Waals surface area contributed by atoms with E-state index < -0.39 is 18.5 Å². The zero-order valence-corrected chi connectivity index (χ0v) is 18.4. The third-order valence-corrected chi connectivity index (χ3v) is 5.90. The SMILES string of the molecule is C=C1c2ccccc2C(=O)N1CC(=O)OCC(=O)Nc1ccc2c(c1)C(=O)c1ccccc1C2=O. The summed E-state index contributed by atoms with van der Waals surface area (Å²) in [7, 11) is 0. The number of fused-ring (bicyclic) bond motifs is 3. The highest BCUT2D eigenvalue weighted by molar-refractivity contribution is 6.28.